The molecule has 36 heavy (non-hydrogen) atoms. The van der Waals surface area contributed by atoms with E-state index in [1.165, 1.54) is 18.4 Å². The van der Waals surface area contributed by atoms with E-state index in [0.29, 0.717) is 28.8 Å². The van der Waals surface area contributed by atoms with Crippen molar-refractivity contribution in [2.24, 2.45) is 0 Å². The van der Waals surface area contributed by atoms with Crippen LogP contribution in [0.5, 0.6) is 0 Å². The maximum Gasteiger partial charge on any atom is 0.266 e. The lowest BCUT2D eigenvalue weighted by Gasteiger charge is -2.38. The second-order valence-electron chi connectivity index (χ2n) is 9.96. The first-order valence-electron chi connectivity index (χ1n) is 12.4. The molecule has 3 fully saturated rings. The molecule has 0 radical (unpaired) electrons. The summed E-state index contributed by atoms with van der Waals surface area (Å²) in [6, 6.07) is 6.85. The van der Waals surface area contributed by atoms with Gasteiger partial charge in [0, 0.05) is 55.3 Å². The lowest BCUT2D eigenvalue weighted by molar-refractivity contribution is 0.0629. The monoisotopic (exact) mass is 508 g/mol. The molecular weight excluding hydrogens is 480 g/mol. The van der Waals surface area contributed by atoms with E-state index in [-0.39, 0.29) is 22.9 Å². The van der Waals surface area contributed by atoms with Crippen LogP contribution in [-0.2, 0) is 9.84 Å². The number of rotatable bonds is 7. The molecule has 1 aliphatic heterocycles. The molecule has 0 bridgehead atoms. The molecule has 0 N–H and O–H groups in total. The van der Waals surface area contributed by atoms with Crippen molar-refractivity contribution >= 4 is 21.7 Å². The maximum absolute atomic E-state index is 13.5. The van der Waals surface area contributed by atoms with Gasteiger partial charge in [-0.2, -0.15) is 4.98 Å². The maximum atomic E-state index is 13.5. The van der Waals surface area contributed by atoms with Crippen LogP contribution in [0.15, 0.2) is 46.1 Å². The third kappa shape index (κ3) is 4.71. The molecule has 2 aromatic heterocycles. The number of sulfone groups is 1. The number of carbonyl (C=O) groups excluding carboxylic acids is 1. The minimum absolute atomic E-state index is 0.0366. The fourth-order valence-corrected chi connectivity index (χ4v) is 5.40. The molecule has 0 spiro atoms. The van der Waals surface area contributed by atoms with E-state index >= 15 is 0 Å². The van der Waals surface area contributed by atoms with Crippen LogP contribution in [0.2, 0.25) is 0 Å². The first-order chi connectivity index (χ1) is 17.4. The highest BCUT2D eigenvalue weighted by Gasteiger charge is 2.40. The predicted octanol–water partition coefficient (Wildman–Crippen LogP) is 3.08. The quantitative estimate of drug-likeness (QED) is 0.474. The van der Waals surface area contributed by atoms with E-state index in [4.69, 9.17) is 4.52 Å². The molecule has 2 aliphatic carbocycles. The Morgan fingerprint density at radius 1 is 0.972 bits per heavy atom. The Labute approximate surface area is 209 Å². The highest BCUT2D eigenvalue weighted by molar-refractivity contribution is 7.90. The minimum Gasteiger partial charge on any atom is -0.338 e. The van der Waals surface area contributed by atoms with Gasteiger partial charge in [-0.25, -0.2) is 18.4 Å². The molecular formula is C25H28N6O4S. The largest absolute Gasteiger partial charge is 0.338 e. The van der Waals surface area contributed by atoms with Crippen LogP contribution in [0.1, 0.15) is 60.7 Å². The summed E-state index contributed by atoms with van der Waals surface area (Å²) < 4.78 is 28.8. The van der Waals surface area contributed by atoms with Crippen LogP contribution in [0, 0.1) is 0 Å². The van der Waals surface area contributed by atoms with Crippen molar-refractivity contribution in [1.82, 2.24) is 25.0 Å². The zero-order chi connectivity index (χ0) is 24.9. The molecule has 3 aliphatic rings. The van der Waals surface area contributed by atoms with E-state index in [9.17, 15) is 13.2 Å². The number of hydrogen-bond acceptors (Lipinski definition) is 9. The van der Waals surface area contributed by atoms with Gasteiger partial charge in [0.1, 0.15) is 0 Å². The molecule has 11 heteroatoms. The van der Waals surface area contributed by atoms with Gasteiger partial charge in [0.15, 0.2) is 15.7 Å². The van der Waals surface area contributed by atoms with Crippen molar-refractivity contribution in [2.75, 3.05) is 24.2 Å². The normalized spacial score (nSPS) is 18.9. The summed E-state index contributed by atoms with van der Waals surface area (Å²) in [6.07, 6.45) is 10.3. The Morgan fingerprint density at radius 2 is 1.61 bits per heavy atom. The SMILES string of the molecule is CS(=O)(=O)c1ccc(-c2ncc(C(=O)N(C3CC3)C3CCN(c4noc(C5CC5)n4)CC3)cn2)cc1. The average molecular weight is 509 g/mol. The summed E-state index contributed by atoms with van der Waals surface area (Å²) in [5.74, 6) is 2.26. The predicted molar refractivity (Wildman–Crippen MR) is 131 cm³/mol. The molecule has 1 aromatic carbocycles. The van der Waals surface area contributed by atoms with E-state index < -0.39 is 9.84 Å². The lowest BCUT2D eigenvalue weighted by atomic mass is 10.0. The van der Waals surface area contributed by atoms with E-state index in [1.54, 1.807) is 24.5 Å². The molecule has 3 aromatic rings. The Morgan fingerprint density at radius 3 is 2.19 bits per heavy atom. The fraction of sp³-hybridized carbons (Fsp3) is 0.480. The Kier molecular flexibility index (Phi) is 5.74. The summed E-state index contributed by atoms with van der Waals surface area (Å²) in [6.45, 7) is 1.56. The van der Waals surface area contributed by atoms with Crippen LogP contribution in [0.3, 0.4) is 0 Å². The van der Waals surface area contributed by atoms with Gasteiger partial charge in [0.25, 0.3) is 11.9 Å². The third-order valence-corrected chi connectivity index (χ3v) is 8.24. The second kappa shape index (κ2) is 8.95. The molecule has 0 unspecified atom stereocenters. The van der Waals surface area contributed by atoms with E-state index in [2.05, 4.69) is 25.0 Å². The van der Waals surface area contributed by atoms with Crippen molar-refractivity contribution in [2.45, 2.75) is 61.4 Å². The summed E-state index contributed by atoms with van der Waals surface area (Å²) in [7, 11) is -3.27. The summed E-state index contributed by atoms with van der Waals surface area (Å²) in [5.41, 5.74) is 1.16. The van der Waals surface area contributed by atoms with Gasteiger partial charge in [0.05, 0.1) is 10.5 Å². The summed E-state index contributed by atoms with van der Waals surface area (Å²) in [4.78, 5) is 31.3. The average Bonchev–Trinajstić information content (AvgIpc) is 3.84. The highest BCUT2D eigenvalue weighted by atomic mass is 32.2. The number of anilines is 1. The fourth-order valence-electron chi connectivity index (χ4n) is 4.77. The molecule has 10 nitrogen and oxygen atoms in total. The molecule has 1 amide bonds. The number of hydrogen-bond donors (Lipinski definition) is 0. The van der Waals surface area contributed by atoms with Crippen LogP contribution in [0.4, 0.5) is 5.95 Å². The van der Waals surface area contributed by atoms with Gasteiger partial charge in [-0.15, -0.1) is 0 Å². The van der Waals surface area contributed by atoms with Crippen LogP contribution >= 0.6 is 0 Å². The van der Waals surface area contributed by atoms with Crippen molar-refractivity contribution in [1.29, 1.82) is 0 Å². The van der Waals surface area contributed by atoms with E-state index in [0.717, 1.165) is 57.5 Å². The van der Waals surface area contributed by atoms with Crippen LogP contribution in [-0.4, -0.2) is 70.8 Å². The lowest BCUT2D eigenvalue weighted by Crippen LogP contribution is -2.48. The van der Waals surface area contributed by atoms with E-state index in [1.807, 2.05) is 4.90 Å². The number of amides is 1. The van der Waals surface area contributed by atoms with Crippen molar-refractivity contribution in [3.63, 3.8) is 0 Å². The molecule has 0 atom stereocenters. The Balaban J connectivity index is 1.12. The van der Waals surface area contributed by atoms with Gasteiger partial charge in [-0.3, -0.25) is 4.79 Å². The minimum atomic E-state index is -3.27. The van der Waals surface area contributed by atoms with Crippen LogP contribution < -0.4 is 4.90 Å². The number of carbonyl (C=O) groups is 1. The van der Waals surface area contributed by atoms with Crippen molar-refractivity contribution in [3.8, 4) is 11.4 Å². The number of aromatic nitrogens is 4. The first kappa shape index (κ1) is 23.1. The Hall–Kier alpha value is -3.34. The number of benzene rings is 1. The molecule has 6 rings (SSSR count). The highest BCUT2D eigenvalue weighted by Crippen LogP contribution is 2.40. The zero-order valence-electron chi connectivity index (χ0n) is 20.1. The molecule has 188 valence electrons. The standard InChI is InChI=1S/C25H28N6O4S/c1-36(33,34)21-8-4-16(5-9-21)22-26-14-18(15-27-22)24(32)31(19-6-7-19)20-10-12-30(13-11-20)25-28-23(35-29-25)17-2-3-17/h4-5,8-9,14-15,17,19-20H,2-3,6-7,10-13H2,1H3. The molecule has 2 saturated carbocycles. The molecule has 3 heterocycles. The van der Waals surface area contributed by atoms with Crippen molar-refractivity contribution in [3.05, 3.63) is 48.1 Å². The second-order valence-corrected chi connectivity index (χ2v) is 12.0. The topological polar surface area (TPSA) is 122 Å². The van der Waals surface area contributed by atoms with Gasteiger partial charge in [-0.1, -0.05) is 0 Å². The first-order valence-corrected chi connectivity index (χ1v) is 14.3. The zero-order valence-corrected chi connectivity index (χ0v) is 20.9. The number of piperidine rings is 1. The van der Waals surface area contributed by atoms with Gasteiger partial charge in [-0.05, 0) is 67.9 Å². The molecule has 1 saturated heterocycles. The van der Waals surface area contributed by atoms with Gasteiger partial charge in [0.2, 0.25) is 5.89 Å². The van der Waals surface area contributed by atoms with Gasteiger partial charge >= 0.3 is 0 Å². The van der Waals surface area contributed by atoms with Gasteiger partial charge < -0.3 is 14.3 Å². The van der Waals surface area contributed by atoms with Crippen molar-refractivity contribution < 1.29 is 17.7 Å². The number of nitrogens with zero attached hydrogens (tertiary/aromatic N) is 6. The smallest absolute Gasteiger partial charge is 0.266 e. The Bertz CT molecular complexity index is 1360. The summed E-state index contributed by atoms with van der Waals surface area (Å²) in [5, 5.41) is 4.16. The third-order valence-electron chi connectivity index (χ3n) is 7.11. The van der Waals surface area contributed by atoms with Crippen LogP contribution in [0.25, 0.3) is 11.4 Å². The summed E-state index contributed by atoms with van der Waals surface area (Å²) >= 11 is 0.